The summed E-state index contributed by atoms with van der Waals surface area (Å²) in [7, 11) is 0. The average Bonchev–Trinajstić information content (AvgIpc) is 2.01. The minimum atomic E-state index is -0.0665. The number of allylic oxidation sites excluding steroid dienone is 3. The van der Waals surface area contributed by atoms with Crippen LogP contribution in [0.2, 0.25) is 0 Å². The Balaban J connectivity index is 3.47. The van der Waals surface area contributed by atoms with E-state index in [1.54, 1.807) is 0 Å². The van der Waals surface area contributed by atoms with Crippen molar-refractivity contribution in [3.05, 3.63) is 24.3 Å². The van der Waals surface area contributed by atoms with Gasteiger partial charge >= 0.3 is 0 Å². The van der Waals surface area contributed by atoms with E-state index in [1.165, 1.54) is 6.21 Å². The van der Waals surface area contributed by atoms with Crippen LogP contribution in [0.1, 0.15) is 27.2 Å². The van der Waals surface area contributed by atoms with Crippen LogP contribution in [-0.2, 0) is 4.74 Å². The fourth-order valence-corrected chi connectivity index (χ4v) is 0.657. The first-order valence-electron chi connectivity index (χ1n) is 4.51. The van der Waals surface area contributed by atoms with Gasteiger partial charge in [-0.2, -0.15) is 0 Å². The third-order valence-electron chi connectivity index (χ3n) is 1.25. The quantitative estimate of drug-likeness (QED) is 0.513. The van der Waals surface area contributed by atoms with E-state index in [2.05, 4.69) is 0 Å². The van der Waals surface area contributed by atoms with Gasteiger partial charge < -0.3 is 10.1 Å². The molecule has 0 aliphatic carbocycles. The molecular weight excluding hydrogens is 162 g/mol. The van der Waals surface area contributed by atoms with Gasteiger partial charge in [-0.25, -0.2) is 0 Å². The summed E-state index contributed by atoms with van der Waals surface area (Å²) in [4.78, 5) is 0. The van der Waals surface area contributed by atoms with Crippen molar-refractivity contribution in [3.8, 4) is 0 Å². The van der Waals surface area contributed by atoms with Crippen molar-refractivity contribution in [2.24, 2.45) is 0 Å². The molecule has 0 spiro atoms. The largest absolute Gasteiger partial charge is 0.372 e. The minimum absolute atomic E-state index is 0.0665. The van der Waals surface area contributed by atoms with Gasteiger partial charge in [0.05, 0.1) is 12.2 Å². The Bertz CT molecular complexity index is 187. The zero-order chi connectivity index (χ0) is 10.2. The highest BCUT2D eigenvalue weighted by atomic mass is 16.5. The molecule has 0 aromatic carbocycles. The number of nitrogens with one attached hydrogen (secondary N) is 1. The van der Waals surface area contributed by atoms with Crippen LogP contribution in [0.4, 0.5) is 0 Å². The van der Waals surface area contributed by atoms with E-state index in [9.17, 15) is 0 Å². The van der Waals surface area contributed by atoms with Crippen molar-refractivity contribution in [2.45, 2.75) is 32.8 Å². The van der Waals surface area contributed by atoms with Crippen LogP contribution in [0.15, 0.2) is 24.3 Å². The number of ether oxygens (including phenoxy) is 1. The molecule has 0 fully saturated rings. The molecule has 0 amide bonds. The second-order valence-electron chi connectivity index (χ2n) is 3.72. The zero-order valence-corrected chi connectivity index (χ0v) is 8.71. The van der Waals surface area contributed by atoms with Crippen molar-refractivity contribution in [1.82, 2.24) is 0 Å². The normalized spacial score (nSPS) is 12.8. The molecule has 2 nitrogen and oxygen atoms in total. The Labute approximate surface area is 80.8 Å². The summed E-state index contributed by atoms with van der Waals surface area (Å²) in [5, 5.41) is 6.78. The summed E-state index contributed by atoms with van der Waals surface area (Å²) in [6.07, 6.45) is 9.83. The van der Waals surface area contributed by atoms with Crippen molar-refractivity contribution in [3.63, 3.8) is 0 Å². The smallest absolute Gasteiger partial charge is 0.0657 e. The lowest BCUT2D eigenvalue weighted by Crippen LogP contribution is -2.18. The highest BCUT2D eigenvalue weighted by Gasteiger charge is 2.07. The highest BCUT2D eigenvalue weighted by Crippen LogP contribution is 2.05. The van der Waals surface area contributed by atoms with Crippen LogP contribution in [0.25, 0.3) is 0 Å². The van der Waals surface area contributed by atoms with Gasteiger partial charge in [-0.15, -0.1) is 0 Å². The van der Waals surface area contributed by atoms with Crippen LogP contribution < -0.4 is 0 Å². The highest BCUT2D eigenvalue weighted by molar-refractivity contribution is 5.55. The van der Waals surface area contributed by atoms with Crippen molar-refractivity contribution >= 4 is 6.21 Å². The van der Waals surface area contributed by atoms with Crippen molar-refractivity contribution in [2.75, 3.05) is 6.61 Å². The molecule has 0 radical (unpaired) electrons. The molecule has 0 saturated heterocycles. The first-order chi connectivity index (χ1) is 6.06. The predicted molar refractivity (Wildman–Crippen MR) is 57.4 cm³/mol. The van der Waals surface area contributed by atoms with E-state index < -0.39 is 0 Å². The molecule has 0 atom stereocenters. The molecule has 0 aromatic rings. The number of hydrogen-bond acceptors (Lipinski definition) is 2. The molecule has 2 heteroatoms. The molecule has 13 heavy (non-hydrogen) atoms. The fraction of sp³-hybridized carbons (Fsp3) is 0.545. The lowest BCUT2D eigenvalue weighted by molar-refractivity contribution is 0.0150. The van der Waals surface area contributed by atoms with Crippen LogP contribution in [0, 0.1) is 5.41 Å². The van der Waals surface area contributed by atoms with Gasteiger partial charge in [0.2, 0.25) is 0 Å². The van der Waals surface area contributed by atoms with Gasteiger partial charge in [-0.3, -0.25) is 0 Å². The van der Waals surface area contributed by atoms with Crippen LogP contribution >= 0.6 is 0 Å². The van der Waals surface area contributed by atoms with E-state index in [0.29, 0.717) is 13.0 Å². The summed E-state index contributed by atoms with van der Waals surface area (Å²) in [5.74, 6) is 0. The zero-order valence-electron chi connectivity index (χ0n) is 8.71. The van der Waals surface area contributed by atoms with Crippen molar-refractivity contribution in [1.29, 1.82) is 5.41 Å². The van der Waals surface area contributed by atoms with Crippen LogP contribution in [0.5, 0.6) is 0 Å². The molecule has 0 saturated carbocycles. The first-order valence-corrected chi connectivity index (χ1v) is 4.51. The molecule has 0 aliphatic rings. The van der Waals surface area contributed by atoms with E-state index in [-0.39, 0.29) is 5.60 Å². The molecule has 74 valence electrons. The Hall–Kier alpha value is -0.890. The maximum Gasteiger partial charge on any atom is 0.0657 e. The Morgan fingerprint density at radius 1 is 1.15 bits per heavy atom. The molecule has 1 N–H and O–H groups in total. The summed E-state index contributed by atoms with van der Waals surface area (Å²) < 4.78 is 5.47. The third-order valence-corrected chi connectivity index (χ3v) is 1.25. The lowest BCUT2D eigenvalue weighted by atomic mass is 10.2. The van der Waals surface area contributed by atoms with Crippen LogP contribution in [0.3, 0.4) is 0 Å². The topological polar surface area (TPSA) is 33.1 Å². The second kappa shape index (κ2) is 6.61. The summed E-state index contributed by atoms with van der Waals surface area (Å²) >= 11 is 0. The summed E-state index contributed by atoms with van der Waals surface area (Å²) in [5.41, 5.74) is -0.0665. The molecule has 0 aromatic heterocycles. The Morgan fingerprint density at radius 3 is 2.31 bits per heavy atom. The van der Waals surface area contributed by atoms with Crippen LogP contribution in [-0.4, -0.2) is 18.4 Å². The molecule has 0 rings (SSSR count). The van der Waals surface area contributed by atoms with Gasteiger partial charge in [0.1, 0.15) is 0 Å². The van der Waals surface area contributed by atoms with Crippen molar-refractivity contribution < 1.29 is 4.74 Å². The molecular formula is C11H19NO. The molecule has 0 heterocycles. The van der Waals surface area contributed by atoms with E-state index in [1.807, 2.05) is 45.1 Å². The average molecular weight is 181 g/mol. The fourth-order valence-electron chi connectivity index (χ4n) is 0.657. The SMILES string of the molecule is CC(C)(C)OC/C=C\C=C/CC=N. The van der Waals surface area contributed by atoms with Gasteiger partial charge in [0, 0.05) is 6.42 Å². The Morgan fingerprint density at radius 2 is 1.77 bits per heavy atom. The van der Waals surface area contributed by atoms with E-state index in [4.69, 9.17) is 10.1 Å². The third kappa shape index (κ3) is 11.1. The first kappa shape index (κ1) is 12.1. The second-order valence-corrected chi connectivity index (χ2v) is 3.72. The Kier molecular flexibility index (Phi) is 6.15. The standard InChI is InChI=1S/C11H19NO/c1-11(2,3)13-10-8-6-4-5-7-9-12/h4-6,8-9,12H,7,10H2,1-3H3/b5-4-,8-6-,12-9?. The lowest BCUT2D eigenvalue weighted by Gasteiger charge is -2.17. The maximum atomic E-state index is 6.78. The number of rotatable bonds is 5. The van der Waals surface area contributed by atoms with Gasteiger partial charge in [0.25, 0.3) is 0 Å². The van der Waals surface area contributed by atoms with Gasteiger partial charge in [-0.1, -0.05) is 24.3 Å². The predicted octanol–water partition coefficient (Wildman–Crippen LogP) is 2.95. The molecule has 0 bridgehead atoms. The van der Waals surface area contributed by atoms with E-state index in [0.717, 1.165) is 0 Å². The van der Waals surface area contributed by atoms with Gasteiger partial charge in [0.15, 0.2) is 0 Å². The number of hydrogen-bond donors (Lipinski definition) is 1. The van der Waals surface area contributed by atoms with Gasteiger partial charge in [-0.05, 0) is 27.0 Å². The summed E-state index contributed by atoms with van der Waals surface area (Å²) in [6.45, 7) is 6.74. The monoisotopic (exact) mass is 181 g/mol. The molecule has 0 unspecified atom stereocenters. The minimum Gasteiger partial charge on any atom is -0.372 e. The summed E-state index contributed by atoms with van der Waals surface area (Å²) in [6, 6.07) is 0. The maximum absolute atomic E-state index is 6.78. The molecule has 0 aliphatic heterocycles. The van der Waals surface area contributed by atoms with E-state index >= 15 is 0 Å².